The van der Waals surface area contributed by atoms with E-state index in [1.165, 1.54) is 29.3 Å². The van der Waals surface area contributed by atoms with Crippen LogP contribution < -0.4 is 0 Å². The van der Waals surface area contributed by atoms with Crippen LogP contribution in [0.4, 0.5) is 0 Å². The van der Waals surface area contributed by atoms with E-state index in [1.54, 1.807) is 12.1 Å². The van der Waals surface area contributed by atoms with E-state index in [0.29, 0.717) is 31.5 Å². The summed E-state index contributed by atoms with van der Waals surface area (Å²) in [6.45, 7) is 0.929. The molecular formula is C18H24N2O6S. The lowest BCUT2D eigenvalue weighted by molar-refractivity contribution is -0.157. The third kappa shape index (κ3) is 5.78. The van der Waals surface area contributed by atoms with Crippen molar-refractivity contribution in [3.63, 3.8) is 0 Å². The number of ether oxygens (including phenoxy) is 1. The lowest BCUT2D eigenvalue weighted by Gasteiger charge is -2.28. The maximum atomic E-state index is 12.6. The minimum Gasteiger partial charge on any atom is -0.469 e. The molecular weight excluding hydrogens is 372 g/mol. The van der Waals surface area contributed by atoms with Gasteiger partial charge in [0.15, 0.2) is 9.84 Å². The Morgan fingerprint density at radius 3 is 2.15 bits per heavy atom. The number of hydrogen-bond acceptors (Lipinski definition) is 6. The van der Waals surface area contributed by atoms with E-state index in [1.807, 2.05) is 0 Å². The van der Waals surface area contributed by atoms with Gasteiger partial charge >= 0.3 is 5.97 Å². The molecule has 0 N–H and O–H groups in total. The van der Waals surface area contributed by atoms with Crippen molar-refractivity contribution in [1.29, 1.82) is 0 Å². The Balaban J connectivity index is 1.94. The summed E-state index contributed by atoms with van der Waals surface area (Å²) in [6.07, 6.45) is 2.61. The number of methoxy groups -OCH3 is 1. The first kappa shape index (κ1) is 20.9. The molecule has 27 heavy (non-hydrogen) atoms. The van der Waals surface area contributed by atoms with Gasteiger partial charge in [-0.1, -0.05) is 12.1 Å². The van der Waals surface area contributed by atoms with Crippen LogP contribution in [0.5, 0.6) is 0 Å². The van der Waals surface area contributed by atoms with Crippen molar-refractivity contribution < 1.29 is 27.5 Å². The molecule has 1 aromatic carbocycles. The van der Waals surface area contributed by atoms with Crippen LogP contribution in [-0.4, -0.2) is 62.7 Å². The zero-order valence-electron chi connectivity index (χ0n) is 15.5. The Morgan fingerprint density at radius 1 is 1.00 bits per heavy atom. The quantitative estimate of drug-likeness (QED) is 0.636. The number of esters is 1. The molecule has 1 aliphatic heterocycles. The molecule has 0 aromatic heterocycles. The molecule has 148 valence electrons. The Bertz CT molecular complexity index is 804. The number of carbonyl (C=O) groups excluding carboxylic acids is 3. The third-order valence-corrected chi connectivity index (χ3v) is 5.44. The molecule has 0 saturated carbocycles. The number of amides is 2. The van der Waals surface area contributed by atoms with Crippen LogP contribution in [0.25, 0.3) is 0 Å². The van der Waals surface area contributed by atoms with Gasteiger partial charge in [0.1, 0.15) is 0 Å². The van der Waals surface area contributed by atoms with E-state index in [-0.39, 0.29) is 41.9 Å². The summed E-state index contributed by atoms with van der Waals surface area (Å²) >= 11 is 0. The molecule has 0 spiro atoms. The van der Waals surface area contributed by atoms with Gasteiger partial charge in [-0.05, 0) is 30.5 Å². The second-order valence-electron chi connectivity index (χ2n) is 6.41. The number of carbonyl (C=O) groups is 3. The summed E-state index contributed by atoms with van der Waals surface area (Å²) in [5, 5.41) is 2.87. The van der Waals surface area contributed by atoms with E-state index in [4.69, 9.17) is 0 Å². The van der Waals surface area contributed by atoms with Crippen LogP contribution in [0.1, 0.15) is 31.2 Å². The SMILES string of the molecule is COC(=O)CCCC(=O)N1CCCN1C(=O)Cc1ccc(S(C)(=O)=O)cc1. The van der Waals surface area contributed by atoms with E-state index in [0.717, 1.165) is 6.26 Å². The molecule has 1 saturated heterocycles. The average Bonchev–Trinajstić information content (AvgIpc) is 3.11. The second kappa shape index (κ2) is 8.98. The fourth-order valence-corrected chi connectivity index (χ4v) is 3.50. The lowest BCUT2D eigenvalue weighted by atomic mass is 10.1. The van der Waals surface area contributed by atoms with Gasteiger partial charge in [0.2, 0.25) is 11.8 Å². The molecule has 0 atom stereocenters. The van der Waals surface area contributed by atoms with Crippen molar-refractivity contribution in [2.75, 3.05) is 26.5 Å². The zero-order valence-corrected chi connectivity index (χ0v) is 16.3. The molecule has 0 radical (unpaired) electrons. The number of nitrogens with zero attached hydrogens (tertiary/aromatic N) is 2. The summed E-state index contributed by atoms with van der Waals surface area (Å²) in [5.41, 5.74) is 0.678. The predicted octanol–water partition coefficient (Wildman–Crippen LogP) is 0.952. The fraction of sp³-hybridized carbons (Fsp3) is 0.500. The third-order valence-electron chi connectivity index (χ3n) is 4.31. The maximum Gasteiger partial charge on any atom is 0.305 e. The van der Waals surface area contributed by atoms with Crippen molar-refractivity contribution in [3.8, 4) is 0 Å². The Kier molecular flexibility index (Phi) is 6.95. The number of hydrogen-bond donors (Lipinski definition) is 0. The van der Waals surface area contributed by atoms with Crippen molar-refractivity contribution >= 4 is 27.6 Å². The first-order valence-corrected chi connectivity index (χ1v) is 10.6. The molecule has 2 rings (SSSR count). The van der Waals surface area contributed by atoms with Crippen LogP contribution in [0, 0.1) is 0 Å². The summed E-state index contributed by atoms with van der Waals surface area (Å²) in [4.78, 5) is 36.3. The fourth-order valence-electron chi connectivity index (χ4n) is 2.87. The highest BCUT2D eigenvalue weighted by molar-refractivity contribution is 7.90. The molecule has 0 aliphatic carbocycles. The summed E-state index contributed by atoms with van der Waals surface area (Å²) in [7, 11) is -1.98. The molecule has 8 nitrogen and oxygen atoms in total. The van der Waals surface area contributed by atoms with Gasteiger partial charge < -0.3 is 4.74 Å². The summed E-state index contributed by atoms with van der Waals surface area (Å²) in [5.74, 6) is -0.784. The van der Waals surface area contributed by atoms with E-state index in [2.05, 4.69) is 4.74 Å². The molecule has 0 bridgehead atoms. The first-order valence-electron chi connectivity index (χ1n) is 8.69. The standard InChI is InChI=1S/C18H24N2O6S/c1-26-18(23)6-3-5-16(21)19-11-4-12-20(19)17(22)13-14-7-9-15(10-8-14)27(2,24)25/h7-10H,3-6,11-13H2,1-2H3. The van der Waals surface area contributed by atoms with Crippen LogP contribution in [0.2, 0.25) is 0 Å². The van der Waals surface area contributed by atoms with Crippen LogP contribution in [0.15, 0.2) is 29.2 Å². The molecule has 1 aliphatic rings. The van der Waals surface area contributed by atoms with Crippen molar-refractivity contribution in [2.45, 2.75) is 37.0 Å². The van der Waals surface area contributed by atoms with Crippen LogP contribution in [0.3, 0.4) is 0 Å². The first-order chi connectivity index (χ1) is 12.7. The second-order valence-corrected chi connectivity index (χ2v) is 8.43. The topological polar surface area (TPSA) is 101 Å². The van der Waals surface area contributed by atoms with Crippen molar-refractivity contribution in [2.24, 2.45) is 0 Å². The van der Waals surface area contributed by atoms with Crippen molar-refractivity contribution in [3.05, 3.63) is 29.8 Å². The number of hydrazine groups is 1. The van der Waals surface area contributed by atoms with Crippen LogP contribution in [-0.2, 0) is 35.4 Å². The number of sulfone groups is 1. The Hall–Kier alpha value is -2.42. The molecule has 0 unspecified atom stereocenters. The van der Waals surface area contributed by atoms with Gasteiger partial charge in [-0.25, -0.2) is 8.42 Å². The predicted molar refractivity (Wildman–Crippen MR) is 97.2 cm³/mol. The van der Waals surface area contributed by atoms with Gasteiger partial charge in [0.05, 0.1) is 18.4 Å². The maximum absolute atomic E-state index is 12.6. The number of benzene rings is 1. The van der Waals surface area contributed by atoms with Gasteiger partial charge in [-0.15, -0.1) is 0 Å². The van der Waals surface area contributed by atoms with Gasteiger partial charge in [0, 0.05) is 32.2 Å². The van der Waals surface area contributed by atoms with Gasteiger partial charge in [0.25, 0.3) is 0 Å². The highest BCUT2D eigenvalue weighted by Gasteiger charge is 2.30. The summed E-state index contributed by atoms with van der Waals surface area (Å²) < 4.78 is 27.5. The van der Waals surface area contributed by atoms with Crippen molar-refractivity contribution in [1.82, 2.24) is 10.0 Å². The molecule has 1 fully saturated rings. The largest absolute Gasteiger partial charge is 0.469 e. The van der Waals surface area contributed by atoms with Crippen LogP contribution >= 0.6 is 0 Å². The van der Waals surface area contributed by atoms with Gasteiger partial charge in [-0.3, -0.25) is 24.4 Å². The molecule has 1 aromatic rings. The monoisotopic (exact) mass is 396 g/mol. The minimum absolute atomic E-state index is 0.0793. The van der Waals surface area contributed by atoms with E-state index in [9.17, 15) is 22.8 Å². The normalized spacial score (nSPS) is 14.3. The minimum atomic E-state index is -3.28. The summed E-state index contributed by atoms with van der Waals surface area (Å²) in [6, 6.07) is 6.15. The zero-order chi connectivity index (χ0) is 20.0. The molecule has 9 heteroatoms. The average molecular weight is 396 g/mol. The Morgan fingerprint density at radius 2 is 1.59 bits per heavy atom. The molecule has 2 amide bonds. The highest BCUT2D eigenvalue weighted by Crippen LogP contribution is 2.17. The van der Waals surface area contributed by atoms with E-state index >= 15 is 0 Å². The number of rotatable bonds is 7. The highest BCUT2D eigenvalue weighted by atomic mass is 32.2. The Labute approximate surface area is 159 Å². The molecule has 1 heterocycles. The smallest absolute Gasteiger partial charge is 0.305 e. The lowest BCUT2D eigenvalue weighted by Crippen LogP contribution is -2.45. The van der Waals surface area contributed by atoms with E-state index < -0.39 is 9.84 Å². The van der Waals surface area contributed by atoms with Gasteiger partial charge in [-0.2, -0.15) is 0 Å².